The van der Waals surface area contributed by atoms with Crippen LogP contribution in [0.4, 0.5) is 4.39 Å². The van der Waals surface area contributed by atoms with Crippen molar-refractivity contribution in [3.8, 4) is 11.4 Å². The molecule has 1 aromatic heterocycles. The highest BCUT2D eigenvalue weighted by Crippen LogP contribution is 2.31. The minimum Gasteiger partial charge on any atom is -0.476 e. The van der Waals surface area contributed by atoms with Crippen LogP contribution < -0.4 is 5.73 Å². The summed E-state index contributed by atoms with van der Waals surface area (Å²) < 4.78 is 14.8. The van der Waals surface area contributed by atoms with E-state index in [0.29, 0.717) is 23.5 Å². The number of rotatable bonds is 2. The van der Waals surface area contributed by atoms with E-state index < -0.39 is 5.97 Å². The molecule has 0 saturated carbocycles. The van der Waals surface area contributed by atoms with Gasteiger partial charge in [-0.25, -0.2) is 14.2 Å². The normalized spacial score (nSPS) is 17.8. The summed E-state index contributed by atoms with van der Waals surface area (Å²) in [5, 5.41) is 9.25. The summed E-state index contributed by atoms with van der Waals surface area (Å²) in [6, 6.07) is 5.81. The highest BCUT2D eigenvalue weighted by molar-refractivity contribution is 5.88. The van der Waals surface area contributed by atoms with E-state index in [1.165, 1.54) is 12.1 Å². The average Bonchev–Trinajstić information content (AvgIpc) is 2.81. The van der Waals surface area contributed by atoms with Gasteiger partial charge in [-0.2, -0.15) is 0 Å². The number of aromatic carboxylic acids is 1. The van der Waals surface area contributed by atoms with Gasteiger partial charge in [0, 0.05) is 5.56 Å². The average molecular weight is 275 g/mol. The number of benzene rings is 1. The van der Waals surface area contributed by atoms with Gasteiger partial charge in [0.15, 0.2) is 5.69 Å². The molecule has 0 bridgehead atoms. The van der Waals surface area contributed by atoms with Gasteiger partial charge in [0.1, 0.15) is 11.6 Å². The maximum atomic E-state index is 13.0. The van der Waals surface area contributed by atoms with E-state index in [2.05, 4.69) is 4.98 Å². The summed E-state index contributed by atoms with van der Waals surface area (Å²) in [4.78, 5) is 15.5. The van der Waals surface area contributed by atoms with Gasteiger partial charge in [-0.05, 0) is 43.5 Å². The topological polar surface area (TPSA) is 81.1 Å². The summed E-state index contributed by atoms with van der Waals surface area (Å²) in [5.74, 6) is -0.914. The SMILES string of the molecule is NC1CCCc2c(C(=O)O)nc(-c3ccc(F)cc3)n21. The number of carboxylic acid groups (broad SMARTS) is 1. The zero-order valence-electron chi connectivity index (χ0n) is 10.7. The fraction of sp³-hybridized carbons (Fsp3) is 0.286. The van der Waals surface area contributed by atoms with Crippen molar-refractivity contribution in [2.45, 2.75) is 25.4 Å². The standard InChI is InChI=1S/C14H14FN3O2/c15-9-6-4-8(5-7-9)13-17-12(14(19)20)10-2-1-3-11(16)18(10)13/h4-7,11H,1-3,16H2,(H,19,20). The molecule has 0 fully saturated rings. The molecule has 1 aromatic carbocycles. The van der Waals surface area contributed by atoms with Crippen molar-refractivity contribution in [2.75, 3.05) is 0 Å². The van der Waals surface area contributed by atoms with Crippen LogP contribution in [0, 0.1) is 5.82 Å². The van der Waals surface area contributed by atoms with Gasteiger partial charge in [0.25, 0.3) is 0 Å². The van der Waals surface area contributed by atoms with Gasteiger partial charge >= 0.3 is 5.97 Å². The van der Waals surface area contributed by atoms with Crippen molar-refractivity contribution in [2.24, 2.45) is 5.73 Å². The molecule has 1 atom stereocenters. The second-order valence-electron chi connectivity index (χ2n) is 4.87. The Bertz CT molecular complexity index is 664. The zero-order chi connectivity index (χ0) is 14.3. The van der Waals surface area contributed by atoms with Crippen LogP contribution in [0.3, 0.4) is 0 Å². The van der Waals surface area contributed by atoms with Crippen molar-refractivity contribution in [3.63, 3.8) is 0 Å². The summed E-state index contributed by atoms with van der Waals surface area (Å²) in [7, 11) is 0. The van der Waals surface area contributed by atoms with E-state index >= 15 is 0 Å². The predicted octanol–water partition coefficient (Wildman–Crippen LogP) is 2.18. The minimum atomic E-state index is -1.06. The molecule has 6 heteroatoms. The van der Waals surface area contributed by atoms with Gasteiger partial charge in [0.2, 0.25) is 0 Å². The van der Waals surface area contributed by atoms with Crippen molar-refractivity contribution in [1.29, 1.82) is 0 Å². The van der Waals surface area contributed by atoms with Gasteiger partial charge in [0.05, 0.1) is 11.9 Å². The molecule has 0 amide bonds. The molecule has 1 unspecified atom stereocenters. The number of carbonyl (C=O) groups is 1. The largest absolute Gasteiger partial charge is 0.476 e. The number of fused-ring (bicyclic) bond motifs is 1. The van der Waals surface area contributed by atoms with Crippen molar-refractivity contribution in [3.05, 3.63) is 41.5 Å². The molecule has 20 heavy (non-hydrogen) atoms. The summed E-state index contributed by atoms with van der Waals surface area (Å²) in [6.45, 7) is 0. The maximum absolute atomic E-state index is 13.0. The third-order valence-corrected chi connectivity index (χ3v) is 3.56. The molecule has 0 aliphatic carbocycles. The number of hydrogen-bond acceptors (Lipinski definition) is 3. The second-order valence-corrected chi connectivity index (χ2v) is 4.87. The lowest BCUT2D eigenvalue weighted by molar-refractivity contribution is 0.0689. The third-order valence-electron chi connectivity index (χ3n) is 3.56. The smallest absolute Gasteiger partial charge is 0.356 e. The van der Waals surface area contributed by atoms with Crippen LogP contribution in [0.15, 0.2) is 24.3 Å². The highest BCUT2D eigenvalue weighted by Gasteiger charge is 2.28. The zero-order valence-corrected chi connectivity index (χ0v) is 10.7. The molecule has 3 N–H and O–H groups in total. The summed E-state index contributed by atoms with van der Waals surface area (Å²) in [6.07, 6.45) is 1.97. The van der Waals surface area contributed by atoms with Crippen molar-refractivity contribution >= 4 is 5.97 Å². The lowest BCUT2D eigenvalue weighted by atomic mass is 10.1. The first-order valence-electron chi connectivity index (χ1n) is 6.44. The van der Waals surface area contributed by atoms with Gasteiger partial charge < -0.3 is 15.4 Å². The van der Waals surface area contributed by atoms with E-state index in [9.17, 15) is 14.3 Å². The molecule has 104 valence electrons. The summed E-state index contributed by atoms with van der Waals surface area (Å²) >= 11 is 0. The Kier molecular flexibility index (Phi) is 3.02. The Labute approximate surface area is 114 Å². The monoisotopic (exact) mass is 275 g/mol. The van der Waals surface area contributed by atoms with Gasteiger partial charge in [-0.3, -0.25) is 0 Å². The molecule has 0 saturated heterocycles. The second kappa shape index (κ2) is 4.72. The van der Waals surface area contributed by atoms with Crippen LogP contribution in [0.25, 0.3) is 11.4 Å². The molecule has 2 heterocycles. The third kappa shape index (κ3) is 1.98. The fourth-order valence-electron chi connectivity index (χ4n) is 2.64. The molecule has 2 aromatic rings. The Morgan fingerprint density at radius 3 is 2.75 bits per heavy atom. The first-order chi connectivity index (χ1) is 9.58. The predicted molar refractivity (Wildman–Crippen MR) is 70.7 cm³/mol. The maximum Gasteiger partial charge on any atom is 0.356 e. The van der Waals surface area contributed by atoms with Crippen molar-refractivity contribution < 1.29 is 14.3 Å². The number of aromatic nitrogens is 2. The Morgan fingerprint density at radius 1 is 1.40 bits per heavy atom. The van der Waals surface area contributed by atoms with Crippen LogP contribution in [0.1, 0.15) is 35.2 Å². The van der Waals surface area contributed by atoms with E-state index in [-0.39, 0.29) is 17.7 Å². The molecular weight excluding hydrogens is 261 g/mol. The van der Waals surface area contributed by atoms with Crippen LogP contribution in [-0.4, -0.2) is 20.6 Å². The van der Waals surface area contributed by atoms with E-state index in [1.807, 2.05) is 0 Å². The van der Waals surface area contributed by atoms with Crippen LogP contribution >= 0.6 is 0 Å². The first kappa shape index (κ1) is 12.8. The van der Waals surface area contributed by atoms with Gasteiger partial charge in [-0.15, -0.1) is 0 Å². The molecule has 0 radical (unpaired) electrons. The quantitative estimate of drug-likeness (QED) is 0.880. The molecule has 3 rings (SSSR count). The molecular formula is C14H14FN3O2. The molecule has 5 nitrogen and oxygen atoms in total. The lowest BCUT2D eigenvalue weighted by Crippen LogP contribution is -2.26. The number of halogens is 1. The Morgan fingerprint density at radius 2 is 2.10 bits per heavy atom. The summed E-state index contributed by atoms with van der Waals surface area (Å²) in [5.41, 5.74) is 7.44. The highest BCUT2D eigenvalue weighted by atomic mass is 19.1. The first-order valence-corrected chi connectivity index (χ1v) is 6.44. The number of carboxylic acids is 1. The van der Waals surface area contributed by atoms with Crippen LogP contribution in [-0.2, 0) is 6.42 Å². The Hall–Kier alpha value is -2.21. The number of hydrogen-bond donors (Lipinski definition) is 2. The minimum absolute atomic E-state index is 0.0412. The van der Waals surface area contributed by atoms with E-state index in [1.54, 1.807) is 16.7 Å². The molecule has 1 aliphatic rings. The van der Waals surface area contributed by atoms with Gasteiger partial charge in [-0.1, -0.05) is 0 Å². The van der Waals surface area contributed by atoms with Crippen LogP contribution in [0.2, 0.25) is 0 Å². The van der Waals surface area contributed by atoms with E-state index in [0.717, 1.165) is 12.8 Å². The van der Waals surface area contributed by atoms with E-state index in [4.69, 9.17) is 5.73 Å². The van der Waals surface area contributed by atoms with Crippen LogP contribution in [0.5, 0.6) is 0 Å². The number of nitrogens with zero attached hydrogens (tertiary/aromatic N) is 2. The van der Waals surface area contributed by atoms with Crippen molar-refractivity contribution in [1.82, 2.24) is 9.55 Å². The number of nitrogens with two attached hydrogens (primary N) is 1. The molecule has 0 spiro atoms. The lowest BCUT2D eigenvalue weighted by Gasteiger charge is -2.24. The Balaban J connectivity index is 2.20. The fourth-order valence-corrected chi connectivity index (χ4v) is 2.64. The number of imidazole rings is 1. The molecule has 1 aliphatic heterocycles.